The zero-order valence-electron chi connectivity index (χ0n) is 15.9. The first-order chi connectivity index (χ1) is 14.2. The molecule has 146 valence electrons. The monoisotopic (exact) mass is 421 g/mol. The predicted molar refractivity (Wildman–Crippen MR) is 123 cm³/mol. The number of benzene rings is 2. The Hall–Kier alpha value is -2.50. The Balaban J connectivity index is 1.85. The molecule has 1 fully saturated rings. The van der Waals surface area contributed by atoms with Gasteiger partial charge in [-0.2, -0.15) is 0 Å². The van der Waals surface area contributed by atoms with Crippen molar-refractivity contribution >= 4 is 51.5 Å². The molecule has 0 amide bonds. The van der Waals surface area contributed by atoms with Gasteiger partial charge in [-0.05, 0) is 55.2 Å². The third-order valence-corrected chi connectivity index (χ3v) is 5.87. The van der Waals surface area contributed by atoms with Crippen molar-refractivity contribution in [1.29, 1.82) is 0 Å². The van der Waals surface area contributed by atoms with Crippen molar-refractivity contribution in [2.45, 2.75) is 19.3 Å². The van der Waals surface area contributed by atoms with Gasteiger partial charge in [-0.3, -0.25) is 0 Å². The van der Waals surface area contributed by atoms with Gasteiger partial charge in [-0.25, -0.2) is 9.98 Å². The smallest absolute Gasteiger partial charge is 0.227 e. The minimum absolute atomic E-state index is 0.409. The molecule has 2 aliphatic rings. The molecule has 29 heavy (non-hydrogen) atoms. The number of aromatic nitrogens is 1. The molecular weight excluding hydrogens is 402 g/mol. The second-order valence-corrected chi connectivity index (χ2v) is 8.25. The third-order valence-electron chi connectivity index (χ3n) is 5.42. The number of nitrogens with zero attached hydrogens (tertiary/aromatic N) is 3. The molecule has 3 heterocycles. The van der Waals surface area contributed by atoms with Crippen LogP contribution in [0.5, 0.6) is 0 Å². The Labute approximate surface area is 180 Å². The number of piperidine rings is 1. The molecular formula is C23H20ClN3OS. The van der Waals surface area contributed by atoms with Gasteiger partial charge in [0.15, 0.2) is 5.05 Å². The predicted octanol–water partition coefficient (Wildman–Crippen LogP) is 5.65. The van der Waals surface area contributed by atoms with Crippen molar-refractivity contribution in [3.05, 3.63) is 59.1 Å². The molecule has 0 N–H and O–H groups in total. The molecule has 0 unspecified atom stereocenters. The average molecular weight is 422 g/mol. The molecule has 4 nitrogen and oxygen atoms in total. The highest BCUT2D eigenvalue weighted by Gasteiger charge is 2.29. The van der Waals surface area contributed by atoms with Crippen molar-refractivity contribution in [2.24, 2.45) is 4.99 Å². The van der Waals surface area contributed by atoms with E-state index in [1.54, 1.807) is 0 Å². The zero-order valence-corrected chi connectivity index (χ0v) is 17.5. The van der Waals surface area contributed by atoms with Crippen LogP contribution in [0.15, 0.2) is 53.5 Å². The Morgan fingerprint density at radius 2 is 1.76 bits per heavy atom. The van der Waals surface area contributed by atoms with E-state index in [9.17, 15) is 0 Å². The fraction of sp³-hybridized carbons (Fsp3) is 0.261. The lowest BCUT2D eigenvalue weighted by atomic mass is 9.94. The van der Waals surface area contributed by atoms with E-state index in [1.807, 2.05) is 36.4 Å². The number of ether oxygens (including phenoxy) is 1. The first-order valence-electron chi connectivity index (χ1n) is 9.90. The summed E-state index contributed by atoms with van der Waals surface area (Å²) in [6.07, 6.45) is 3.57. The molecule has 2 aromatic carbocycles. The van der Waals surface area contributed by atoms with Crippen LogP contribution in [0.1, 0.15) is 24.8 Å². The maximum Gasteiger partial charge on any atom is 0.227 e. The summed E-state index contributed by atoms with van der Waals surface area (Å²) in [6, 6.07) is 16.2. The Bertz CT molecular complexity index is 1120. The number of aliphatic imine (C=N–C) groups is 1. The molecule has 0 bridgehead atoms. The van der Waals surface area contributed by atoms with Gasteiger partial charge in [0.05, 0.1) is 11.1 Å². The molecule has 0 saturated carbocycles. The SMILES string of the molecule is S=C1CN=C(c2c(N3CCCCC3)nc3ccc(Cl)cc3c2-c2ccccc2)O1. The standard InChI is InChI=1S/C23H20ClN3OS/c24-16-9-10-18-17(13-16)20(15-7-3-1-4-8-15)21(23-25-14-19(29)28-23)22(26-18)27-11-5-2-6-12-27/h1,3-4,7-10,13H,2,5-6,11-12,14H2. The summed E-state index contributed by atoms with van der Waals surface area (Å²) in [4.78, 5) is 12.0. The van der Waals surface area contributed by atoms with E-state index in [2.05, 4.69) is 22.0 Å². The lowest BCUT2D eigenvalue weighted by Crippen LogP contribution is -2.32. The first kappa shape index (κ1) is 18.5. The fourth-order valence-corrected chi connectivity index (χ4v) is 4.42. The van der Waals surface area contributed by atoms with Crippen LogP contribution >= 0.6 is 23.8 Å². The highest BCUT2D eigenvalue weighted by atomic mass is 35.5. The van der Waals surface area contributed by atoms with Gasteiger partial charge in [0.25, 0.3) is 0 Å². The van der Waals surface area contributed by atoms with Crippen LogP contribution in [-0.4, -0.2) is 35.6 Å². The second kappa shape index (κ2) is 7.73. The molecule has 0 radical (unpaired) electrons. The second-order valence-electron chi connectivity index (χ2n) is 7.36. The van der Waals surface area contributed by atoms with Crippen LogP contribution in [0.3, 0.4) is 0 Å². The number of fused-ring (bicyclic) bond motifs is 1. The average Bonchev–Trinajstić information content (AvgIpc) is 3.19. The Morgan fingerprint density at radius 3 is 2.48 bits per heavy atom. The van der Waals surface area contributed by atoms with Crippen molar-refractivity contribution in [1.82, 2.24) is 4.98 Å². The summed E-state index contributed by atoms with van der Waals surface area (Å²) in [5.41, 5.74) is 3.95. The third kappa shape index (κ3) is 3.49. The Kier molecular flexibility index (Phi) is 4.94. The van der Waals surface area contributed by atoms with Crippen molar-refractivity contribution < 1.29 is 4.74 Å². The van der Waals surface area contributed by atoms with Crippen molar-refractivity contribution in [2.75, 3.05) is 24.5 Å². The van der Waals surface area contributed by atoms with E-state index in [0.29, 0.717) is 22.5 Å². The number of anilines is 1. The largest absolute Gasteiger partial charge is 0.429 e. The molecule has 2 aliphatic heterocycles. The van der Waals surface area contributed by atoms with Gasteiger partial charge >= 0.3 is 0 Å². The summed E-state index contributed by atoms with van der Waals surface area (Å²) in [5.74, 6) is 1.48. The molecule has 1 aromatic heterocycles. The number of rotatable bonds is 3. The highest BCUT2D eigenvalue weighted by Crippen LogP contribution is 2.39. The lowest BCUT2D eigenvalue weighted by molar-refractivity contribution is 0.565. The van der Waals surface area contributed by atoms with Gasteiger partial charge in [-0.1, -0.05) is 41.9 Å². The van der Waals surface area contributed by atoms with E-state index in [0.717, 1.165) is 59.3 Å². The van der Waals surface area contributed by atoms with E-state index in [4.69, 9.17) is 33.5 Å². The maximum absolute atomic E-state index is 6.38. The molecule has 6 heteroatoms. The van der Waals surface area contributed by atoms with Crippen LogP contribution in [-0.2, 0) is 4.74 Å². The number of hydrogen-bond acceptors (Lipinski definition) is 5. The van der Waals surface area contributed by atoms with Gasteiger partial charge in [0.2, 0.25) is 5.90 Å². The van der Waals surface area contributed by atoms with E-state index in [-0.39, 0.29) is 0 Å². The first-order valence-corrected chi connectivity index (χ1v) is 10.7. The molecule has 0 aliphatic carbocycles. The number of pyridine rings is 1. The number of thiocarbonyl (C=S) groups is 1. The minimum Gasteiger partial charge on any atom is -0.429 e. The van der Waals surface area contributed by atoms with Crippen LogP contribution < -0.4 is 4.90 Å². The topological polar surface area (TPSA) is 37.7 Å². The van der Waals surface area contributed by atoms with E-state index in [1.165, 1.54) is 6.42 Å². The van der Waals surface area contributed by atoms with E-state index < -0.39 is 0 Å². The summed E-state index contributed by atoms with van der Waals surface area (Å²) >= 11 is 11.7. The normalized spacial score (nSPS) is 16.8. The fourth-order valence-electron chi connectivity index (χ4n) is 4.10. The molecule has 3 aromatic rings. The summed E-state index contributed by atoms with van der Waals surface area (Å²) in [7, 11) is 0. The minimum atomic E-state index is 0.409. The van der Waals surface area contributed by atoms with Gasteiger partial charge in [0.1, 0.15) is 12.4 Å². The molecule has 1 saturated heterocycles. The molecule has 0 spiro atoms. The van der Waals surface area contributed by atoms with Gasteiger partial charge in [-0.15, -0.1) is 0 Å². The molecule has 0 atom stereocenters. The van der Waals surface area contributed by atoms with Gasteiger partial charge < -0.3 is 9.64 Å². The van der Waals surface area contributed by atoms with Crippen LogP contribution in [0.25, 0.3) is 22.0 Å². The van der Waals surface area contributed by atoms with Crippen LogP contribution in [0.4, 0.5) is 5.82 Å². The number of halogens is 1. The number of hydrogen-bond donors (Lipinski definition) is 0. The molecule has 5 rings (SSSR count). The highest BCUT2D eigenvalue weighted by molar-refractivity contribution is 7.80. The quantitative estimate of drug-likeness (QED) is 0.512. The maximum atomic E-state index is 6.38. The van der Waals surface area contributed by atoms with Crippen molar-refractivity contribution in [3.8, 4) is 11.1 Å². The lowest BCUT2D eigenvalue weighted by Gasteiger charge is -2.30. The summed E-state index contributed by atoms with van der Waals surface area (Å²) in [5, 5.41) is 2.16. The van der Waals surface area contributed by atoms with Crippen LogP contribution in [0.2, 0.25) is 5.02 Å². The Morgan fingerprint density at radius 1 is 0.966 bits per heavy atom. The summed E-state index contributed by atoms with van der Waals surface area (Å²) < 4.78 is 5.90. The van der Waals surface area contributed by atoms with Crippen molar-refractivity contribution in [3.63, 3.8) is 0 Å². The zero-order chi connectivity index (χ0) is 19.8. The summed E-state index contributed by atoms with van der Waals surface area (Å²) in [6.45, 7) is 2.36. The van der Waals surface area contributed by atoms with Crippen LogP contribution in [0, 0.1) is 0 Å². The van der Waals surface area contributed by atoms with Gasteiger partial charge in [0, 0.05) is 29.1 Å². The van der Waals surface area contributed by atoms with E-state index >= 15 is 0 Å².